The molecule has 0 N–H and O–H groups in total. The number of benzene rings is 2. The van der Waals surface area contributed by atoms with Crippen LogP contribution in [0.25, 0.3) is 0 Å². The summed E-state index contributed by atoms with van der Waals surface area (Å²) in [5.74, 6) is -1.41. The minimum Gasteiger partial charge on any atom is -0.457 e. The number of nitrogens with zero attached hydrogens (tertiary/aromatic N) is 1. The van der Waals surface area contributed by atoms with Crippen molar-refractivity contribution in [2.24, 2.45) is 0 Å². The van der Waals surface area contributed by atoms with E-state index in [0.29, 0.717) is 5.75 Å². The van der Waals surface area contributed by atoms with Crippen molar-refractivity contribution in [1.29, 1.82) is 0 Å². The molecule has 2 aromatic rings. The van der Waals surface area contributed by atoms with Crippen LogP contribution in [0.2, 0.25) is 0 Å². The van der Waals surface area contributed by atoms with Crippen molar-refractivity contribution in [3.63, 3.8) is 0 Å². The fourth-order valence-electron chi connectivity index (χ4n) is 4.33. The number of anilines is 1. The Morgan fingerprint density at radius 3 is 2.37 bits per heavy atom. The molecule has 1 aliphatic heterocycles. The third-order valence-corrected chi connectivity index (χ3v) is 5.42. The predicted octanol–water partition coefficient (Wildman–Crippen LogP) is 5.78. The van der Waals surface area contributed by atoms with Crippen LogP contribution < -0.4 is 14.4 Å². The van der Waals surface area contributed by atoms with E-state index < -0.39 is 17.9 Å². The molecule has 1 saturated carbocycles. The molecule has 0 unspecified atom stereocenters. The molecule has 0 aromatic heterocycles. The summed E-state index contributed by atoms with van der Waals surface area (Å²) >= 11 is 0. The fraction of sp³-hybridized carbons (Fsp3) is 0.400. The number of fused-ring (bicyclic) bond motifs is 2. The molecule has 1 spiro atoms. The molecule has 3 nitrogen and oxygen atoms in total. The normalized spacial score (nSPS) is 18.0. The Labute approximate surface area is 154 Å². The van der Waals surface area contributed by atoms with E-state index in [4.69, 9.17) is 4.74 Å². The first-order chi connectivity index (χ1) is 12.8. The topological polar surface area (TPSA) is 21.7 Å². The zero-order valence-electron chi connectivity index (χ0n) is 14.8. The lowest BCUT2D eigenvalue weighted by molar-refractivity contribution is -0.275. The first-order valence-electron chi connectivity index (χ1n) is 8.85. The molecule has 0 bridgehead atoms. The van der Waals surface area contributed by atoms with E-state index >= 15 is 0 Å². The highest BCUT2D eigenvalue weighted by molar-refractivity contribution is 5.64. The van der Waals surface area contributed by atoms with Crippen LogP contribution in [0.5, 0.6) is 17.2 Å². The monoisotopic (exact) mass is 381 g/mol. The molecule has 2 aliphatic rings. The maximum absolute atomic E-state index is 13.6. The summed E-state index contributed by atoms with van der Waals surface area (Å²) in [5.41, 5.74) is 2.50. The van der Waals surface area contributed by atoms with Crippen molar-refractivity contribution in [3.8, 4) is 17.2 Å². The van der Waals surface area contributed by atoms with Gasteiger partial charge in [0.1, 0.15) is 11.5 Å². The Bertz CT molecular complexity index is 860. The predicted molar refractivity (Wildman–Crippen MR) is 93.0 cm³/mol. The quantitative estimate of drug-likeness (QED) is 0.629. The molecule has 0 amide bonds. The summed E-state index contributed by atoms with van der Waals surface area (Å²) in [7, 11) is 2.06. The average Bonchev–Trinajstić information content (AvgIpc) is 3.16. The van der Waals surface area contributed by atoms with Crippen LogP contribution in [-0.4, -0.2) is 20.0 Å². The van der Waals surface area contributed by atoms with Gasteiger partial charge in [0.15, 0.2) is 11.6 Å². The number of hydrogen-bond acceptors (Lipinski definition) is 3. The highest BCUT2D eigenvalue weighted by Crippen LogP contribution is 2.51. The third-order valence-electron chi connectivity index (χ3n) is 5.42. The van der Waals surface area contributed by atoms with Gasteiger partial charge in [-0.25, -0.2) is 4.39 Å². The van der Waals surface area contributed by atoms with Gasteiger partial charge in [0.05, 0.1) is 0 Å². The van der Waals surface area contributed by atoms with Crippen molar-refractivity contribution >= 4 is 5.69 Å². The Morgan fingerprint density at radius 2 is 1.67 bits per heavy atom. The number of halogens is 4. The third kappa shape index (κ3) is 3.42. The molecule has 1 aliphatic carbocycles. The molecule has 2 aromatic carbocycles. The van der Waals surface area contributed by atoms with Crippen molar-refractivity contribution in [2.45, 2.75) is 37.5 Å². The van der Waals surface area contributed by atoms with Gasteiger partial charge in [-0.05, 0) is 48.7 Å². The van der Waals surface area contributed by atoms with E-state index in [0.717, 1.165) is 37.2 Å². The van der Waals surface area contributed by atoms with Gasteiger partial charge in [-0.15, -0.1) is 13.2 Å². The SMILES string of the molecule is CN1CC2(CCCC2)c2cc(Oc3ccc(F)c(OC(F)(F)F)c3)ccc21. The molecular formula is C20H19F4NO2. The Morgan fingerprint density at radius 1 is 1.00 bits per heavy atom. The number of likely N-dealkylation sites (N-methyl/N-ethyl adjacent to an activating group) is 1. The van der Waals surface area contributed by atoms with E-state index in [-0.39, 0.29) is 11.2 Å². The van der Waals surface area contributed by atoms with Crippen molar-refractivity contribution in [2.75, 3.05) is 18.5 Å². The summed E-state index contributed by atoms with van der Waals surface area (Å²) in [5, 5.41) is 0. The molecule has 0 saturated heterocycles. The summed E-state index contributed by atoms with van der Waals surface area (Å²) < 4.78 is 60.2. The molecule has 144 valence electrons. The second kappa shape index (κ2) is 6.32. The van der Waals surface area contributed by atoms with Crippen LogP contribution >= 0.6 is 0 Å². The van der Waals surface area contributed by atoms with Crippen molar-refractivity contribution < 1.29 is 27.0 Å². The molecule has 27 heavy (non-hydrogen) atoms. The van der Waals surface area contributed by atoms with E-state index in [9.17, 15) is 17.6 Å². The first kappa shape index (κ1) is 17.9. The summed E-state index contributed by atoms with van der Waals surface area (Å²) in [4.78, 5) is 2.23. The number of ether oxygens (including phenoxy) is 2. The van der Waals surface area contributed by atoms with E-state index in [1.165, 1.54) is 24.5 Å². The summed E-state index contributed by atoms with van der Waals surface area (Å²) in [6, 6.07) is 8.79. The standard InChI is InChI=1S/C20H19F4NO2/c1-25-12-19(8-2-3-9-19)15-10-13(5-7-17(15)25)26-14-4-6-16(21)18(11-14)27-20(22,23)24/h4-7,10-11H,2-3,8-9,12H2,1H3. The minimum atomic E-state index is -4.97. The molecule has 1 fully saturated rings. The lowest BCUT2D eigenvalue weighted by Crippen LogP contribution is -2.28. The van der Waals surface area contributed by atoms with Gasteiger partial charge >= 0.3 is 6.36 Å². The van der Waals surface area contributed by atoms with Crippen molar-refractivity contribution in [3.05, 3.63) is 47.8 Å². The molecule has 0 radical (unpaired) electrons. The van der Waals surface area contributed by atoms with Crippen LogP contribution in [0.3, 0.4) is 0 Å². The van der Waals surface area contributed by atoms with E-state index in [1.54, 1.807) is 6.07 Å². The van der Waals surface area contributed by atoms with E-state index in [1.807, 2.05) is 12.1 Å². The highest BCUT2D eigenvalue weighted by atomic mass is 19.4. The fourth-order valence-corrected chi connectivity index (χ4v) is 4.33. The molecule has 0 atom stereocenters. The largest absolute Gasteiger partial charge is 0.573 e. The van der Waals surface area contributed by atoms with Gasteiger partial charge in [-0.1, -0.05) is 12.8 Å². The number of hydrogen-bond donors (Lipinski definition) is 0. The van der Waals surface area contributed by atoms with E-state index in [2.05, 4.69) is 16.7 Å². The average molecular weight is 381 g/mol. The molecule has 4 rings (SSSR count). The summed E-state index contributed by atoms with van der Waals surface area (Å²) in [6.45, 7) is 0.964. The lowest BCUT2D eigenvalue weighted by atomic mass is 9.81. The van der Waals surface area contributed by atoms with Gasteiger partial charge in [-0.3, -0.25) is 0 Å². The Kier molecular flexibility index (Phi) is 4.20. The van der Waals surface area contributed by atoms with Gasteiger partial charge in [0.25, 0.3) is 0 Å². The highest BCUT2D eigenvalue weighted by Gasteiger charge is 2.43. The number of alkyl halides is 3. The van der Waals surface area contributed by atoms with Crippen LogP contribution in [0.4, 0.5) is 23.2 Å². The smallest absolute Gasteiger partial charge is 0.457 e. The zero-order valence-corrected chi connectivity index (χ0v) is 14.8. The van der Waals surface area contributed by atoms with Crippen LogP contribution in [-0.2, 0) is 5.41 Å². The second-order valence-corrected chi connectivity index (χ2v) is 7.26. The van der Waals surface area contributed by atoms with Crippen molar-refractivity contribution in [1.82, 2.24) is 0 Å². The van der Waals surface area contributed by atoms with Gasteiger partial charge in [0, 0.05) is 30.8 Å². The van der Waals surface area contributed by atoms with Crippen LogP contribution in [0.1, 0.15) is 31.2 Å². The first-order valence-corrected chi connectivity index (χ1v) is 8.85. The maximum atomic E-state index is 13.6. The van der Waals surface area contributed by atoms with Crippen LogP contribution in [0.15, 0.2) is 36.4 Å². The Balaban J connectivity index is 1.62. The molecule has 1 heterocycles. The maximum Gasteiger partial charge on any atom is 0.573 e. The second-order valence-electron chi connectivity index (χ2n) is 7.26. The minimum absolute atomic E-state index is 0.0856. The van der Waals surface area contributed by atoms with Gasteiger partial charge < -0.3 is 14.4 Å². The van der Waals surface area contributed by atoms with Gasteiger partial charge in [-0.2, -0.15) is 0 Å². The van der Waals surface area contributed by atoms with Gasteiger partial charge in [0.2, 0.25) is 0 Å². The molecule has 7 heteroatoms. The summed E-state index contributed by atoms with van der Waals surface area (Å²) in [6.07, 6.45) is -0.350. The molecular weight excluding hydrogens is 362 g/mol. The lowest BCUT2D eigenvalue weighted by Gasteiger charge is -2.24. The zero-order chi connectivity index (χ0) is 19.2. The van der Waals surface area contributed by atoms with Crippen LogP contribution in [0, 0.1) is 5.82 Å². The number of rotatable bonds is 3. The Hall–Kier alpha value is -2.44.